The number of rotatable bonds is 12. The average molecular weight is 530 g/mol. The molecule has 1 aliphatic rings. The first-order valence-electron chi connectivity index (χ1n) is 12.7. The van der Waals surface area contributed by atoms with Crippen molar-refractivity contribution in [1.29, 1.82) is 0 Å². The monoisotopic (exact) mass is 529 g/mol. The number of aliphatic hydroxyl groups is 1. The van der Waals surface area contributed by atoms with Crippen molar-refractivity contribution in [3.8, 4) is 0 Å². The number of hydrogen-bond donors (Lipinski definition) is 4. The van der Waals surface area contributed by atoms with Crippen LogP contribution < -0.4 is 16.0 Å². The summed E-state index contributed by atoms with van der Waals surface area (Å²) in [4.78, 5) is 38.1. The van der Waals surface area contributed by atoms with Gasteiger partial charge in [-0.05, 0) is 48.4 Å². The highest BCUT2D eigenvalue weighted by atomic mass is 35.5. The molecule has 0 aromatic heterocycles. The topological polar surface area (TPSA) is 117 Å². The van der Waals surface area contributed by atoms with Gasteiger partial charge in [0.2, 0.25) is 11.8 Å². The number of amides is 3. The molecular weight excluding hydrogens is 494 g/mol. The number of benzene rings is 2. The molecule has 0 spiro atoms. The molecule has 1 heterocycles. The van der Waals surface area contributed by atoms with Gasteiger partial charge in [-0.1, -0.05) is 67.9 Å². The summed E-state index contributed by atoms with van der Waals surface area (Å²) in [6, 6.07) is 15.3. The first kappa shape index (κ1) is 28.5. The van der Waals surface area contributed by atoms with Gasteiger partial charge in [-0.25, -0.2) is 4.79 Å². The minimum Gasteiger partial charge on any atom is -0.441 e. The number of aliphatic hydroxyl groups excluding tert-OH is 1. The van der Waals surface area contributed by atoms with Gasteiger partial charge in [-0.2, -0.15) is 0 Å². The Morgan fingerprint density at radius 2 is 1.89 bits per heavy atom. The third-order valence-electron chi connectivity index (χ3n) is 6.35. The lowest BCUT2D eigenvalue weighted by Crippen LogP contribution is -2.51. The summed E-state index contributed by atoms with van der Waals surface area (Å²) < 4.78 is 5.82. The summed E-state index contributed by atoms with van der Waals surface area (Å²) in [6.07, 6.45) is 0.491. The van der Waals surface area contributed by atoms with Crippen molar-refractivity contribution in [3.63, 3.8) is 0 Å². The van der Waals surface area contributed by atoms with Crippen LogP contribution in [-0.4, -0.2) is 48.2 Å². The number of halogens is 1. The second-order valence-electron chi connectivity index (χ2n) is 9.87. The lowest BCUT2D eigenvalue weighted by atomic mass is 9.97. The van der Waals surface area contributed by atoms with Gasteiger partial charge >= 0.3 is 6.09 Å². The maximum atomic E-state index is 13.1. The van der Waals surface area contributed by atoms with Crippen molar-refractivity contribution in [2.45, 2.75) is 57.7 Å². The van der Waals surface area contributed by atoms with Crippen LogP contribution in [0.3, 0.4) is 0 Å². The third-order valence-corrected chi connectivity index (χ3v) is 6.58. The van der Waals surface area contributed by atoms with Gasteiger partial charge in [0.15, 0.2) is 0 Å². The molecule has 1 fully saturated rings. The predicted octanol–water partition coefficient (Wildman–Crippen LogP) is 3.77. The van der Waals surface area contributed by atoms with Gasteiger partial charge in [-0.15, -0.1) is 0 Å². The quantitative estimate of drug-likeness (QED) is 0.334. The lowest BCUT2D eigenvalue weighted by molar-refractivity contribution is -0.126. The van der Waals surface area contributed by atoms with Crippen LogP contribution in [0.1, 0.15) is 50.3 Å². The van der Waals surface area contributed by atoms with Crippen LogP contribution in [0.5, 0.6) is 0 Å². The highest BCUT2D eigenvalue weighted by Gasteiger charge is 2.30. The zero-order valence-electron chi connectivity index (χ0n) is 21.3. The van der Waals surface area contributed by atoms with Gasteiger partial charge in [-0.3, -0.25) is 9.59 Å². The second kappa shape index (κ2) is 14.0. The van der Waals surface area contributed by atoms with E-state index in [0.717, 1.165) is 11.1 Å². The summed E-state index contributed by atoms with van der Waals surface area (Å²) in [7, 11) is 0. The summed E-state index contributed by atoms with van der Waals surface area (Å²) in [5.41, 5.74) is 1.73. The van der Waals surface area contributed by atoms with Crippen molar-refractivity contribution in [2.24, 2.45) is 11.8 Å². The molecule has 2 aromatic rings. The fourth-order valence-corrected chi connectivity index (χ4v) is 4.69. The molecule has 3 amide bonds. The van der Waals surface area contributed by atoms with Crippen LogP contribution in [0, 0.1) is 11.8 Å². The Morgan fingerprint density at radius 1 is 1.14 bits per heavy atom. The number of hydrogen-bond acceptors (Lipinski definition) is 5. The summed E-state index contributed by atoms with van der Waals surface area (Å²) in [5.74, 6) is -0.633. The second-order valence-corrected chi connectivity index (χ2v) is 10.3. The highest BCUT2D eigenvalue weighted by Crippen LogP contribution is 2.24. The van der Waals surface area contributed by atoms with E-state index in [2.05, 4.69) is 16.0 Å². The van der Waals surface area contributed by atoms with Gasteiger partial charge in [0.1, 0.15) is 12.1 Å². The molecule has 1 aliphatic heterocycles. The van der Waals surface area contributed by atoms with Gasteiger partial charge in [0, 0.05) is 23.9 Å². The Labute approximate surface area is 223 Å². The fourth-order valence-electron chi connectivity index (χ4n) is 4.48. The molecule has 0 radical (unpaired) electrons. The molecule has 0 bridgehead atoms. The van der Waals surface area contributed by atoms with Crippen LogP contribution in [0.2, 0.25) is 5.02 Å². The molecule has 9 heteroatoms. The Balaban J connectivity index is 1.68. The van der Waals surface area contributed by atoms with Crippen molar-refractivity contribution in [3.05, 3.63) is 70.7 Å². The molecule has 37 heavy (non-hydrogen) atoms. The molecule has 2 aromatic carbocycles. The molecule has 4 N–H and O–H groups in total. The highest BCUT2D eigenvalue weighted by molar-refractivity contribution is 6.30. The molecule has 200 valence electrons. The van der Waals surface area contributed by atoms with Crippen LogP contribution in [0.4, 0.5) is 4.79 Å². The smallest absolute Gasteiger partial charge is 0.408 e. The summed E-state index contributed by atoms with van der Waals surface area (Å²) >= 11 is 6.14. The minimum absolute atomic E-state index is 0.0696. The van der Waals surface area contributed by atoms with Crippen LogP contribution in [0.15, 0.2) is 54.6 Å². The maximum absolute atomic E-state index is 13.1. The van der Waals surface area contributed by atoms with E-state index >= 15 is 0 Å². The van der Waals surface area contributed by atoms with Crippen LogP contribution in [-0.2, 0) is 20.7 Å². The fraction of sp³-hybridized carbons (Fsp3) is 0.464. The van der Waals surface area contributed by atoms with E-state index < -0.39 is 30.2 Å². The molecule has 0 saturated carbocycles. The largest absolute Gasteiger partial charge is 0.441 e. The number of carbonyl (C=O) groups excluding carboxylic acids is 3. The van der Waals surface area contributed by atoms with Crippen molar-refractivity contribution < 1.29 is 24.2 Å². The first-order valence-corrected chi connectivity index (χ1v) is 13.1. The average Bonchev–Trinajstić information content (AvgIpc) is 3.27. The van der Waals surface area contributed by atoms with Crippen LogP contribution >= 0.6 is 11.6 Å². The zero-order valence-corrected chi connectivity index (χ0v) is 22.0. The minimum atomic E-state index is -0.860. The van der Waals surface area contributed by atoms with Gasteiger partial charge in [0.05, 0.1) is 12.6 Å². The standard InChI is InChI=1S/C28H36ClN3O5/c1-18(2)13-24(27(35)31-23(17-33)16-21-11-12-30-26(21)34)32-28(36)37-25(20-8-4-3-5-9-20)15-19-7-6-10-22(29)14-19/h3-10,14,18,21,23-25,33H,11-13,15-17H2,1-2H3,(H,30,34)(H,31,35)(H,32,36). The number of carbonyl (C=O) groups is 3. The van der Waals surface area contributed by atoms with Crippen LogP contribution in [0.25, 0.3) is 0 Å². The van der Waals surface area contributed by atoms with E-state index in [1.54, 1.807) is 6.07 Å². The van der Waals surface area contributed by atoms with Gasteiger partial charge in [0.25, 0.3) is 0 Å². The predicted molar refractivity (Wildman–Crippen MR) is 142 cm³/mol. The summed E-state index contributed by atoms with van der Waals surface area (Å²) in [6.45, 7) is 4.19. The van der Waals surface area contributed by atoms with E-state index in [0.29, 0.717) is 37.3 Å². The Hall–Kier alpha value is -3.10. The van der Waals surface area contributed by atoms with E-state index in [4.69, 9.17) is 16.3 Å². The first-order chi connectivity index (χ1) is 17.7. The van der Waals surface area contributed by atoms with Crippen molar-refractivity contribution in [2.75, 3.05) is 13.2 Å². The SMILES string of the molecule is CC(C)CC(NC(=O)OC(Cc1cccc(Cl)c1)c1ccccc1)C(=O)NC(CO)CC1CCNC1=O. The molecule has 0 aliphatic carbocycles. The number of alkyl carbamates (subject to hydrolysis) is 1. The Bertz CT molecular complexity index is 1050. The van der Waals surface area contributed by atoms with Crippen molar-refractivity contribution in [1.82, 2.24) is 16.0 Å². The Morgan fingerprint density at radius 3 is 2.51 bits per heavy atom. The normalized spacial score (nSPS) is 17.5. The third kappa shape index (κ3) is 9.05. The van der Waals surface area contributed by atoms with E-state index in [-0.39, 0.29) is 24.3 Å². The molecule has 3 rings (SSSR count). The van der Waals surface area contributed by atoms with E-state index in [9.17, 15) is 19.5 Å². The maximum Gasteiger partial charge on any atom is 0.408 e. The van der Waals surface area contributed by atoms with E-state index in [1.807, 2.05) is 62.4 Å². The van der Waals surface area contributed by atoms with E-state index in [1.165, 1.54) is 0 Å². The van der Waals surface area contributed by atoms with Crippen molar-refractivity contribution >= 4 is 29.5 Å². The molecule has 4 unspecified atom stereocenters. The molecule has 8 nitrogen and oxygen atoms in total. The van der Waals surface area contributed by atoms with Gasteiger partial charge < -0.3 is 25.8 Å². The zero-order chi connectivity index (χ0) is 26.8. The lowest BCUT2D eigenvalue weighted by Gasteiger charge is -2.25. The summed E-state index contributed by atoms with van der Waals surface area (Å²) in [5, 5.41) is 18.7. The number of nitrogens with one attached hydrogen (secondary N) is 3. The Kier molecular flexibility index (Phi) is 10.8. The molecule has 1 saturated heterocycles. The number of ether oxygens (including phenoxy) is 1. The molecule has 4 atom stereocenters. The molecular formula is C28H36ClN3O5.